The lowest BCUT2D eigenvalue weighted by Gasteiger charge is -2.41. The number of guanidine groups is 1. The van der Waals surface area contributed by atoms with Gasteiger partial charge in [0.25, 0.3) is 0 Å². The zero-order valence-electron chi connectivity index (χ0n) is 15.7. The van der Waals surface area contributed by atoms with E-state index in [2.05, 4.69) is 39.9 Å². The van der Waals surface area contributed by atoms with E-state index in [0.29, 0.717) is 13.0 Å². The number of carbonyl (C=O) groups excluding carboxylic acids is 1. The molecule has 1 aromatic heterocycles. The molecule has 1 unspecified atom stereocenters. The summed E-state index contributed by atoms with van der Waals surface area (Å²) in [6.07, 6.45) is 1.23. The monoisotopic (exact) mass is 386 g/mol. The van der Waals surface area contributed by atoms with Gasteiger partial charge in [0.05, 0.1) is 25.2 Å². The molecule has 1 aromatic carbocycles. The molecule has 0 saturated carbocycles. The van der Waals surface area contributed by atoms with Crippen molar-refractivity contribution < 1.29 is 9.53 Å². The van der Waals surface area contributed by atoms with Crippen LogP contribution in [-0.2, 0) is 15.1 Å². The fourth-order valence-corrected chi connectivity index (χ4v) is 4.66. The normalized spacial score (nSPS) is 24.4. The van der Waals surface area contributed by atoms with Crippen molar-refractivity contribution in [1.82, 2.24) is 15.1 Å². The number of morpholine rings is 1. The van der Waals surface area contributed by atoms with E-state index in [-0.39, 0.29) is 11.9 Å². The molecular weight excluding hydrogens is 360 g/mol. The lowest BCUT2D eigenvalue weighted by Crippen LogP contribution is -2.59. The predicted molar refractivity (Wildman–Crippen MR) is 108 cm³/mol. The summed E-state index contributed by atoms with van der Waals surface area (Å²) in [4.78, 5) is 16.7. The number of ether oxygens (including phenoxy) is 1. The Morgan fingerprint density at radius 1 is 1.26 bits per heavy atom. The van der Waals surface area contributed by atoms with Crippen molar-refractivity contribution in [2.45, 2.75) is 25.3 Å². The van der Waals surface area contributed by atoms with Crippen LogP contribution < -0.4 is 5.32 Å². The Labute approximate surface area is 163 Å². The van der Waals surface area contributed by atoms with Crippen molar-refractivity contribution >= 4 is 33.3 Å². The van der Waals surface area contributed by atoms with E-state index in [9.17, 15) is 4.79 Å². The lowest BCUT2D eigenvalue weighted by atomic mass is 9.86. The summed E-state index contributed by atoms with van der Waals surface area (Å²) in [7, 11) is 0. The van der Waals surface area contributed by atoms with Crippen LogP contribution in [0.1, 0.15) is 25.3 Å². The maximum Gasteiger partial charge on any atom is 0.231 e. The second-order valence-electron chi connectivity index (χ2n) is 7.51. The van der Waals surface area contributed by atoms with E-state index < -0.39 is 5.54 Å². The minimum absolute atomic E-state index is 0.0219. The molecule has 2 aliphatic heterocycles. The third-order valence-electron chi connectivity index (χ3n) is 5.52. The molecule has 1 amide bonds. The van der Waals surface area contributed by atoms with Gasteiger partial charge in [-0.15, -0.1) is 11.3 Å². The number of amides is 1. The molecule has 1 atom stereocenters. The summed E-state index contributed by atoms with van der Waals surface area (Å²) in [6, 6.07) is 8.40. The van der Waals surface area contributed by atoms with Gasteiger partial charge in [-0.3, -0.25) is 20.0 Å². The third-order valence-corrected chi connectivity index (χ3v) is 6.42. The van der Waals surface area contributed by atoms with Crippen LogP contribution in [0.4, 0.5) is 0 Å². The van der Waals surface area contributed by atoms with Gasteiger partial charge in [0.15, 0.2) is 5.96 Å². The molecule has 7 heteroatoms. The average molecular weight is 387 g/mol. The van der Waals surface area contributed by atoms with Gasteiger partial charge in [0, 0.05) is 30.9 Å². The fraction of sp³-hybridized carbons (Fsp3) is 0.500. The Balaban J connectivity index is 1.40. The zero-order valence-corrected chi connectivity index (χ0v) is 16.5. The summed E-state index contributed by atoms with van der Waals surface area (Å²) in [5, 5.41) is 15.0. The van der Waals surface area contributed by atoms with Gasteiger partial charge in [-0.1, -0.05) is 6.07 Å². The van der Waals surface area contributed by atoms with Crippen LogP contribution in [0, 0.1) is 5.41 Å². The van der Waals surface area contributed by atoms with Crippen LogP contribution in [0.3, 0.4) is 0 Å². The van der Waals surface area contributed by atoms with Crippen LogP contribution in [0.25, 0.3) is 10.1 Å². The summed E-state index contributed by atoms with van der Waals surface area (Å²) in [6.45, 7) is 7.01. The van der Waals surface area contributed by atoms with Gasteiger partial charge >= 0.3 is 0 Å². The molecule has 0 bridgehead atoms. The highest BCUT2D eigenvalue weighted by Gasteiger charge is 2.39. The lowest BCUT2D eigenvalue weighted by molar-refractivity contribution is -0.130. The minimum Gasteiger partial charge on any atom is -0.379 e. The highest BCUT2D eigenvalue weighted by atomic mass is 32.1. The largest absolute Gasteiger partial charge is 0.379 e. The van der Waals surface area contributed by atoms with Crippen molar-refractivity contribution in [2.75, 3.05) is 39.4 Å². The Morgan fingerprint density at radius 2 is 2.07 bits per heavy atom. The maximum absolute atomic E-state index is 12.8. The molecule has 2 N–H and O–H groups in total. The van der Waals surface area contributed by atoms with Crippen LogP contribution in [-0.4, -0.2) is 61.1 Å². The molecule has 0 radical (unpaired) electrons. The average Bonchev–Trinajstić information content (AvgIpc) is 3.12. The molecule has 2 fully saturated rings. The standard InChI is InChI=1S/C20H26N4O2S/c1-20(16-3-4-17-15(13-16)5-12-27-17)14-18(25)24(19(21)22-20)7-2-6-23-8-10-26-11-9-23/h3-5,12-13H,2,6-11,14H2,1H3,(H2,21,22). The Bertz CT molecular complexity index is 825. The van der Waals surface area contributed by atoms with E-state index in [1.165, 1.54) is 10.1 Å². The molecule has 3 heterocycles. The summed E-state index contributed by atoms with van der Waals surface area (Å²) < 4.78 is 6.61. The number of fused-ring (bicyclic) bond motifs is 1. The quantitative estimate of drug-likeness (QED) is 0.829. The van der Waals surface area contributed by atoms with Crippen LogP contribution in [0.15, 0.2) is 29.6 Å². The van der Waals surface area contributed by atoms with E-state index >= 15 is 0 Å². The highest BCUT2D eigenvalue weighted by Crippen LogP contribution is 2.32. The minimum atomic E-state index is -0.537. The Morgan fingerprint density at radius 3 is 2.85 bits per heavy atom. The van der Waals surface area contributed by atoms with E-state index in [1.807, 2.05) is 6.92 Å². The number of hydrogen-bond acceptors (Lipinski definition) is 5. The number of rotatable bonds is 5. The molecular formula is C20H26N4O2S. The summed E-state index contributed by atoms with van der Waals surface area (Å²) in [5.74, 6) is 0.231. The van der Waals surface area contributed by atoms with Crippen molar-refractivity contribution in [3.63, 3.8) is 0 Å². The first-order valence-electron chi connectivity index (χ1n) is 9.50. The topological polar surface area (TPSA) is 68.7 Å². The van der Waals surface area contributed by atoms with Gasteiger partial charge in [-0.2, -0.15) is 0 Å². The van der Waals surface area contributed by atoms with Gasteiger partial charge in [0.1, 0.15) is 0 Å². The first-order chi connectivity index (χ1) is 13.0. The molecule has 6 nitrogen and oxygen atoms in total. The molecule has 4 rings (SSSR count). The molecule has 0 spiro atoms. The summed E-state index contributed by atoms with van der Waals surface area (Å²) in [5.41, 5.74) is 0.518. The molecule has 144 valence electrons. The van der Waals surface area contributed by atoms with Gasteiger partial charge in [0.2, 0.25) is 5.91 Å². The fourth-order valence-electron chi connectivity index (χ4n) is 3.89. The van der Waals surface area contributed by atoms with E-state index in [1.54, 1.807) is 16.2 Å². The number of nitrogens with zero attached hydrogens (tertiary/aromatic N) is 2. The number of hydrogen-bond donors (Lipinski definition) is 2. The second kappa shape index (κ2) is 7.58. The van der Waals surface area contributed by atoms with Crippen LogP contribution in [0.2, 0.25) is 0 Å². The van der Waals surface area contributed by atoms with Crippen LogP contribution in [0.5, 0.6) is 0 Å². The zero-order chi connectivity index (χ0) is 18.9. The first-order valence-corrected chi connectivity index (χ1v) is 10.4. The molecule has 0 aliphatic carbocycles. The third kappa shape index (κ3) is 3.85. The predicted octanol–water partition coefficient (Wildman–Crippen LogP) is 2.60. The highest BCUT2D eigenvalue weighted by molar-refractivity contribution is 7.17. The first kappa shape index (κ1) is 18.4. The smallest absolute Gasteiger partial charge is 0.231 e. The van der Waals surface area contributed by atoms with Crippen molar-refractivity contribution in [3.8, 4) is 0 Å². The number of nitrogens with one attached hydrogen (secondary N) is 2. The van der Waals surface area contributed by atoms with Crippen LogP contribution >= 0.6 is 11.3 Å². The maximum atomic E-state index is 12.8. The number of thiophene rings is 1. The molecule has 2 aromatic rings. The summed E-state index contributed by atoms with van der Waals surface area (Å²) >= 11 is 1.71. The van der Waals surface area contributed by atoms with Gasteiger partial charge in [-0.25, -0.2) is 0 Å². The number of carbonyl (C=O) groups is 1. The SMILES string of the molecule is CC1(c2ccc3sccc3c2)CC(=O)N(CCCN2CCOCC2)C(=N)N1. The number of benzene rings is 1. The molecule has 27 heavy (non-hydrogen) atoms. The van der Waals surface area contributed by atoms with Crippen molar-refractivity contribution in [1.29, 1.82) is 5.41 Å². The van der Waals surface area contributed by atoms with E-state index in [0.717, 1.165) is 44.8 Å². The van der Waals surface area contributed by atoms with Gasteiger partial charge in [-0.05, 0) is 47.9 Å². The molecule has 2 aliphatic rings. The Kier molecular flexibility index (Phi) is 5.16. The van der Waals surface area contributed by atoms with Crippen molar-refractivity contribution in [3.05, 3.63) is 35.2 Å². The van der Waals surface area contributed by atoms with Gasteiger partial charge < -0.3 is 10.1 Å². The molecule has 2 saturated heterocycles. The Hall–Kier alpha value is -1.96. The van der Waals surface area contributed by atoms with Crippen molar-refractivity contribution in [2.24, 2.45) is 0 Å². The second-order valence-corrected chi connectivity index (χ2v) is 8.46. The van der Waals surface area contributed by atoms with E-state index in [4.69, 9.17) is 10.1 Å².